The highest BCUT2D eigenvalue weighted by molar-refractivity contribution is 6.19. The van der Waals surface area contributed by atoms with Crippen molar-refractivity contribution in [3.8, 4) is 0 Å². The Morgan fingerprint density at radius 1 is 1.16 bits per heavy atom. The molecule has 19 heavy (non-hydrogen) atoms. The van der Waals surface area contributed by atoms with Crippen LogP contribution in [0.4, 0.5) is 5.69 Å². The number of anilines is 1. The fourth-order valence-electron chi connectivity index (χ4n) is 1.97. The third-order valence-electron chi connectivity index (χ3n) is 2.92. The van der Waals surface area contributed by atoms with Crippen LogP contribution in [0.3, 0.4) is 0 Å². The molecule has 1 fully saturated rings. The number of nitrogens with two attached hydrogens (primary N) is 1. The third-order valence-corrected chi connectivity index (χ3v) is 2.92. The number of rotatable bonds is 6. The van der Waals surface area contributed by atoms with Crippen LogP contribution >= 0.6 is 0 Å². The lowest BCUT2D eigenvalue weighted by Crippen LogP contribution is -2.81. The van der Waals surface area contributed by atoms with E-state index in [0.717, 1.165) is 12.0 Å². The fraction of sp³-hybridized carbons (Fsp3) is 0.385. The van der Waals surface area contributed by atoms with E-state index in [2.05, 4.69) is 4.84 Å². The van der Waals surface area contributed by atoms with E-state index in [1.54, 1.807) is 12.1 Å². The molecule has 1 heterocycles. The van der Waals surface area contributed by atoms with E-state index in [-0.39, 0.29) is 11.8 Å². The first-order valence-corrected chi connectivity index (χ1v) is 6.13. The van der Waals surface area contributed by atoms with E-state index in [0.29, 0.717) is 25.1 Å². The van der Waals surface area contributed by atoms with Gasteiger partial charge in [0.15, 0.2) is 0 Å². The Bertz CT molecular complexity index is 442. The normalized spacial score (nSPS) is 15.3. The van der Waals surface area contributed by atoms with Crippen molar-refractivity contribution >= 4 is 17.5 Å². The van der Waals surface area contributed by atoms with Crippen LogP contribution in [0.5, 0.6) is 0 Å². The second-order valence-corrected chi connectivity index (χ2v) is 4.24. The Hall–Kier alpha value is -1.76. The lowest BCUT2D eigenvalue weighted by molar-refractivity contribution is -1.06. The van der Waals surface area contributed by atoms with Crippen molar-refractivity contribution in [3.05, 3.63) is 29.8 Å². The molecule has 1 aliphatic heterocycles. The van der Waals surface area contributed by atoms with Gasteiger partial charge in [0.2, 0.25) is 11.8 Å². The van der Waals surface area contributed by atoms with Gasteiger partial charge in [0.1, 0.15) is 6.61 Å². The van der Waals surface area contributed by atoms with Gasteiger partial charge in [-0.3, -0.25) is 14.5 Å². The molecule has 6 heteroatoms. The molecule has 2 N–H and O–H groups in total. The maximum atomic E-state index is 11.6. The Balaban J connectivity index is 1.94. The summed E-state index contributed by atoms with van der Waals surface area (Å²) in [5.74, 6) is -0.258. The third kappa shape index (κ3) is 3.37. The summed E-state index contributed by atoms with van der Waals surface area (Å²) in [6, 6.07) is 7.36. The number of benzene rings is 1. The van der Waals surface area contributed by atoms with Gasteiger partial charge in [0, 0.05) is 19.3 Å². The second kappa shape index (κ2) is 6.42. The van der Waals surface area contributed by atoms with Crippen LogP contribution in [0.2, 0.25) is 0 Å². The lowest BCUT2D eigenvalue weighted by atomic mass is 10.1. The van der Waals surface area contributed by atoms with Crippen LogP contribution in [-0.4, -0.2) is 25.5 Å². The van der Waals surface area contributed by atoms with Crippen LogP contribution in [-0.2, 0) is 25.7 Å². The number of amides is 2. The van der Waals surface area contributed by atoms with Crippen molar-refractivity contribution in [1.82, 2.24) is 0 Å². The smallest absolute Gasteiger partial charge is 0.234 e. The topological polar surface area (TPSA) is 72.5 Å². The molecule has 0 saturated carbocycles. The van der Waals surface area contributed by atoms with E-state index < -0.39 is 0 Å². The maximum absolute atomic E-state index is 11.6. The molecule has 0 spiro atoms. The minimum Gasteiger partial charge on any atom is -0.274 e. The number of imide groups is 1. The monoisotopic (exact) mass is 265 g/mol. The zero-order valence-electron chi connectivity index (χ0n) is 10.8. The SMILES string of the molecule is CO[NH2+]OCCc1ccc(N2C(=O)CCC2=O)cc1. The van der Waals surface area contributed by atoms with Gasteiger partial charge in [-0.05, 0) is 17.7 Å². The standard InChI is InChI=1S/C13H17N2O4/c1-18-14-19-9-8-10-2-4-11(5-3-10)15-12(16)6-7-13(15)17/h2-5H,6-9,14H2,1H3/q+1. The van der Waals surface area contributed by atoms with Crippen molar-refractivity contribution in [1.29, 1.82) is 0 Å². The Labute approximate surface area is 111 Å². The molecule has 0 radical (unpaired) electrons. The average Bonchev–Trinajstić information content (AvgIpc) is 2.75. The number of carbonyl (C=O) groups excluding carboxylic acids is 2. The molecular formula is C13H17N2O4+. The first kappa shape index (κ1) is 13.7. The summed E-state index contributed by atoms with van der Waals surface area (Å²) in [6.07, 6.45) is 1.35. The van der Waals surface area contributed by atoms with Crippen molar-refractivity contribution in [3.63, 3.8) is 0 Å². The summed E-state index contributed by atoms with van der Waals surface area (Å²) < 4.78 is 0. The van der Waals surface area contributed by atoms with E-state index >= 15 is 0 Å². The molecule has 0 unspecified atom stereocenters. The Morgan fingerprint density at radius 2 is 1.79 bits per heavy atom. The molecule has 102 valence electrons. The average molecular weight is 265 g/mol. The van der Waals surface area contributed by atoms with Gasteiger partial charge in [-0.15, -0.1) is 0 Å². The molecule has 1 aromatic rings. The number of nitrogens with zero attached hydrogens (tertiary/aromatic N) is 1. The molecule has 2 rings (SSSR count). The van der Waals surface area contributed by atoms with Gasteiger partial charge in [0.25, 0.3) is 0 Å². The summed E-state index contributed by atoms with van der Waals surface area (Å²) >= 11 is 0. The van der Waals surface area contributed by atoms with Crippen LogP contribution < -0.4 is 10.5 Å². The summed E-state index contributed by atoms with van der Waals surface area (Å²) in [4.78, 5) is 34.2. The van der Waals surface area contributed by atoms with Crippen LogP contribution in [0.15, 0.2) is 24.3 Å². The van der Waals surface area contributed by atoms with Crippen LogP contribution in [0.1, 0.15) is 18.4 Å². The van der Waals surface area contributed by atoms with Gasteiger partial charge in [-0.1, -0.05) is 17.8 Å². The summed E-state index contributed by atoms with van der Waals surface area (Å²) in [6.45, 7) is 0.523. The second-order valence-electron chi connectivity index (χ2n) is 4.24. The molecule has 0 bridgehead atoms. The highest BCUT2D eigenvalue weighted by atomic mass is 16.9. The number of quaternary nitrogens is 1. The van der Waals surface area contributed by atoms with Crippen molar-refractivity contribution in [2.45, 2.75) is 19.3 Å². The zero-order valence-corrected chi connectivity index (χ0v) is 10.8. The van der Waals surface area contributed by atoms with E-state index in [4.69, 9.17) is 4.84 Å². The molecule has 0 aromatic heterocycles. The van der Waals surface area contributed by atoms with Crippen LogP contribution in [0.25, 0.3) is 0 Å². The minimum atomic E-state index is -0.129. The predicted octanol–water partition coefficient (Wildman–Crippen LogP) is -0.0611. The zero-order chi connectivity index (χ0) is 13.7. The molecule has 2 amide bonds. The van der Waals surface area contributed by atoms with Gasteiger partial charge in [-0.25, -0.2) is 0 Å². The van der Waals surface area contributed by atoms with E-state index in [1.807, 2.05) is 12.1 Å². The molecule has 6 nitrogen and oxygen atoms in total. The first-order valence-electron chi connectivity index (χ1n) is 6.13. The van der Waals surface area contributed by atoms with Crippen molar-refractivity contribution in [2.75, 3.05) is 18.6 Å². The van der Waals surface area contributed by atoms with Crippen molar-refractivity contribution in [2.24, 2.45) is 0 Å². The lowest BCUT2D eigenvalue weighted by Gasteiger charge is -2.14. The van der Waals surface area contributed by atoms with Crippen molar-refractivity contribution < 1.29 is 24.9 Å². The maximum Gasteiger partial charge on any atom is 0.234 e. The van der Waals surface area contributed by atoms with Crippen LogP contribution in [0, 0.1) is 0 Å². The Morgan fingerprint density at radius 3 is 2.37 bits per heavy atom. The van der Waals surface area contributed by atoms with E-state index in [9.17, 15) is 9.59 Å². The molecule has 1 saturated heterocycles. The van der Waals surface area contributed by atoms with Gasteiger partial charge < -0.3 is 0 Å². The van der Waals surface area contributed by atoms with E-state index in [1.165, 1.54) is 17.7 Å². The van der Waals surface area contributed by atoms with Gasteiger partial charge in [0.05, 0.1) is 12.8 Å². The quantitative estimate of drug-likeness (QED) is 0.444. The highest BCUT2D eigenvalue weighted by Crippen LogP contribution is 2.22. The highest BCUT2D eigenvalue weighted by Gasteiger charge is 2.29. The minimum absolute atomic E-state index is 0.129. The predicted molar refractivity (Wildman–Crippen MR) is 66.8 cm³/mol. The number of carbonyl (C=O) groups is 2. The Kier molecular flexibility index (Phi) is 4.62. The van der Waals surface area contributed by atoms with Gasteiger partial charge in [-0.2, -0.15) is 9.68 Å². The number of hydrogen-bond acceptors (Lipinski definition) is 4. The summed E-state index contributed by atoms with van der Waals surface area (Å²) in [5.41, 5.74) is 3.00. The largest absolute Gasteiger partial charge is 0.274 e. The first-order chi connectivity index (χ1) is 9.22. The summed E-state index contributed by atoms with van der Waals surface area (Å²) in [5, 5.41) is 0. The molecule has 1 aliphatic rings. The summed E-state index contributed by atoms with van der Waals surface area (Å²) in [7, 11) is 1.53. The molecule has 0 aliphatic carbocycles. The van der Waals surface area contributed by atoms with Gasteiger partial charge >= 0.3 is 0 Å². The number of hydrogen-bond donors (Lipinski definition) is 1. The molecular weight excluding hydrogens is 248 g/mol. The molecule has 0 atom stereocenters. The fourth-order valence-corrected chi connectivity index (χ4v) is 1.97. The molecule has 1 aromatic carbocycles.